The summed E-state index contributed by atoms with van der Waals surface area (Å²) in [6, 6.07) is 5.39. The average molecular weight is 445 g/mol. The quantitative estimate of drug-likeness (QED) is 0.645. The molecule has 0 spiro atoms. The van der Waals surface area contributed by atoms with Crippen molar-refractivity contribution in [1.82, 2.24) is 14.5 Å². The first-order valence-electron chi connectivity index (χ1n) is 9.11. The molecule has 3 aromatic rings. The van der Waals surface area contributed by atoms with E-state index in [0.717, 1.165) is 45.3 Å². The van der Waals surface area contributed by atoms with E-state index < -0.39 is 6.09 Å². The van der Waals surface area contributed by atoms with Crippen molar-refractivity contribution >= 4 is 38.7 Å². The average Bonchev–Trinajstić information content (AvgIpc) is 3.15. The molecule has 1 N–H and O–H groups in total. The molecular formula is C20H18BrFN4O2. The van der Waals surface area contributed by atoms with E-state index in [-0.39, 0.29) is 11.9 Å². The first-order valence-corrected chi connectivity index (χ1v) is 9.90. The van der Waals surface area contributed by atoms with Crippen molar-refractivity contribution in [2.24, 2.45) is 0 Å². The molecule has 2 aliphatic heterocycles. The van der Waals surface area contributed by atoms with Crippen molar-refractivity contribution in [3.05, 3.63) is 46.4 Å². The molecule has 0 unspecified atom stereocenters. The maximum absolute atomic E-state index is 15.0. The molecule has 0 atom stereocenters. The van der Waals surface area contributed by atoms with Crippen LogP contribution in [0, 0.1) is 5.82 Å². The number of aromatic nitrogens is 2. The van der Waals surface area contributed by atoms with Crippen LogP contribution in [-0.4, -0.2) is 52.3 Å². The summed E-state index contributed by atoms with van der Waals surface area (Å²) >= 11 is 3.59. The van der Waals surface area contributed by atoms with Gasteiger partial charge in [-0.1, -0.05) is 0 Å². The molecule has 6 nitrogen and oxygen atoms in total. The predicted octanol–water partition coefficient (Wildman–Crippen LogP) is 4.13. The van der Waals surface area contributed by atoms with Crippen molar-refractivity contribution in [3.8, 4) is 11.1 Å². The fourth-order valence-corrected chi connectivity index (χ4v) is 4.69. The zero-order chi connectivity index (χ0) is 19.6. The smallest absolute Gasteiger partial charge is 0.407 e. The number of pyridine rings is 1. The number of amides is 1. The van der Waals surface area contributed by atoms with Gasteiger partial charge in [-0.05, 0) is 46.1 Å². The number of halogens is 2. The summed E-state index contributed by atoms with van der Waals surface area (Å²) in [5, 5.41) is 9.97. The molecule has 5 rings (SSSR count). The van der Waals surface area contributed by atoms with Gasteiger partial charge in [-0.3, -0.25) is 0 Å². The fraction of sp³-hybridized carbons (Fsp3) is 0.300. The lowest BCUT2D eigenvalue weighted by Crippen LogP contribution is -2.50. The highest BCUT2D eigenvalue weighted by Crippen LogP contribution is 2.41. The lowest BCUT2D eigenvalue weighted by molar-refractivity contribution is 0.0870. The second kappa shape index (κ2) is 6.20. The van der Waals surface area contributed by atoms with Gasteiger partial charge in [0.25, 0.3) is 0 Å². The molecular weight excluding hydrogens is 427 g/mol. The van der Waals surface area contributed by atoms with Gasteiger partial charge in [0.15, 0.2) is 0 Å². The number of carbonyl (C=O) groups is 1. The number of likely N-dealkylation sites (N-methyl/N-ethyl adjacent to an activating group) is 1. The zero-order valence-electron chi connectivity index (χ0n) is 15.2. The maximum atomic E-state index is 15.0. The minimum atomic E-state index is -0.922. The summed E-state index contributed by atoms with van der Waals surface area (Å²) in [5.74, 6) is -0.246. The molecule has 4 heterocycles. The van der Waals surface area contributed by atoms with Gasteiger partial charge in [-0.15, -0.1) is 0 Å². The van der Waals surface area contributed by atoms with Crippen molar-refractivity contribution in [2.75, 3.05) is 31.6 Å². The highest BCUT2D eigenvalue weighted by Gasteiger charge is 2.34. The Balaban J connectivity index is 1.67. The maximum Gasteiger partial charge on any atom is 0.407 e. The molecule has 2 aromatic heterocycles. The van der Waals surface area contributed by atoms with Crippen LogP contribution in [0.1, 0.15) is 11.6 Å². The highest BCUT2D eigenvalue weighted by molar-refractivity contribution is 9.10. The number of hydrogen-bond donors (Lipinski definition) is 1. The predicted molar refractivity (Wildman–Crippen MR) is 108 cm³/mol. The van der Waals surface area contributed by atoms with Gasteiger partial charge < -0.3 is 19.5 Å². The summed E-state index contributed by atoms with van der Waals surface area (Å²) in [4.78, 5) is 19.1. The molecule has 0 bridgehead atoms. The molecule has 1 fully saturated rings. The molecule has 8 heteroatoms. The Hall–Kier alpha value is -2.61. The van der Waals surface area contributed by atoms with Gasteiger partial charge in [0.2, 0.25) is 0 Å². The van der Waals surface area contributed by atoms with Crippen molar-refractivity contribution in [1.29, 1.82) is 0 Å². The minimum absolute atomic E-state index is 0.00527. The number of nitrogens with zero attached hydrogens (tertiary/aromatic N) is 4. The van der Waals surface area contributed by atoms with Gasteiger partial charge in [-0.2, -0.15) is 0 Å². The molecule has 2 aliphatic rings. The van der Waals surface area contributed by atoms with E-state index in [4.69, 9.17) is 5.11 Å². The van der Waals surface area contributed by atoms with Crippen LogP contribution >= 0.6 is 15.9 Å². The molecule has 1 amide bonds. The van der Waals surface area contributed by atoms with E-state index in [1.54, 1.807) is 12.3 Å². The van der Waals surface area contributed by atoms with Gasteiger partial charge in [-0.25, -0.2) is 14.2 Å². The first kappa shape index (κ1) is 17.5. The lowest BCUT2D eigenvalue weighted by Gasteiger charge is -2.38. The normalized spacial score (nSPS) is 16.5. The Bertz CT molecular complexity index is 1120. The van der Waals surface area contributed by atoms with E-state index >= 15 is 4.39 Å². The molecule has 0 aliphatic carbocycles. The number of anilines is 1. The number of carboxylic acid groups (broad SMARTS) is 1. The molecule has 1 saturated heterocycles. The Kier molecular flexibility index (Phi) is 3.87. The van der Waals surface area contributed by atoms with Gasteiger partial charge in [0.1, 0.15) is 11.5 Å². The van der Waals surface area contributed by atoms with E-state index in [1.165, 1.54) is 4.90 Å². The third-order valence-corrected chi connectivity index (χ3v) is 6.44. The van der Waals surface area contributed by atoms with Crippen LogP contribution in [0.5, 0.6) is 0 Å². The summed E-state index contributed by atoms with van der Waals surface area (Å²) < 4.78 is 17.9. The number of likely N-dealkylation sites (tertiary alicyclic amines) is 1. The lowest BCUT2D eigenvalue weighted by atomic mass is 10.0. The second-order valence-corrected chi connectivity index (χ2v) is 8.27. The molecule has 144 valence electrons. The number of benzene rings is 1. The summed E-state index contributed by atoms with van der Waals surface area (Å²) in [5.41, 5.74) is 4.12. The topological polar surface area (TPSA) is 61.6 Å². The van der Waals surface area contributed by atoms with Gasteiger partial charge in [0, 0.05) is 65.7 Å². The van der Waals surface area contributed by atoms with Crippen molar-refractivity contribution < 1.29 is 14.3 Å². The molecule has 0 saturated carbocycles. The minimum Gasteiger partial charge on any atom is -0.465 e. The van der Waals surface area contributed by atoms with Crippen molar-refractivity contribution in [2.45, 2.75) is 12.5 Å². The monoisotopic (exact) mass is 444 g/mol. The molecule has 28 heavy (non-hydrogen) atoms. The Labute approximate surface area is 169 Å². The fourth-order valence-electron chi connectivity index (χ4n) is 4.18. The largest absolute Gasteiger partial charge is 0.465 e. The van der Waals surface area contributed by atoms with Crippen LogP contribution < -0.4 is 4.90 Å². The van der Waals surface area contributed by atoms with Gasteiger partial charge in [0.05, 0.1) is 6.04 Å². The van der Waals surface area contributed by atoms with E-state index in [0.29, 0.717) is 18.7 Å². The third kappa shape index (κ3) is 2.51. The Morgan fingerprint density at radius 1 is 1.32 bits per heavy atom. The van der Waals surface area contributed by atoms with Crippen LogP contribution in [0.4, 0.5) is 14.9 Å². The standard InChI is InChI=1S/C20H18BrFN4O2/c1-24-5-3-11-6-16(22)13(7-17(11)24)14-10-26(12-8-25(9-12)20(27)28)19-18(14)15(21)2-4-23-19/h2,4,6-7,10,12H,3,5,8-9H2,1H3,(H,27,28). The first-order chi connectivity index (χ1) is 13.4. The van der Waals surface area contributed by atoms with Crippen molar-refractivity contribution in [3.63, 3.8) is 0 Å². The molecule has 0 radical (unpaired) electrons. The van der Waals surface area contributed by atoms with Crippen LogP contribution in [0.2, 0.25) is 0 Å². The van der Waals surface area contributed by atoms with Crippen LogP contribution in [0.25, 0.3) is 22.2 Å². The SMILES string of the molecule is CN1CCc2cc(F)c(-c3cn(C4CN(C(=O)O)C4)c4nccc(Br)c34)cc21. The van der Waals surface area contributed by atoms with E-state index in [9.17, 15) is 4.79 Å². The number of fused-ring (bicyclic) bond motifs is 2. The highest BCUT2D eigenvalue weighted by atomic mass is 79.9. The summed E-state index contributed by atoms with van der Waals surface area (Å²) in [7, 11) is 2.02. The Morgan fingerprint density at radius 2 is 2.11 bits per heavy atom. The summed E-state index contributed by atoms with van der Waals surface area (Å²) in [6.07, 6.45) is 3.54. The summed E-state index contributed by atoms with van der Waals surface area (Å²) in [6.45, 7) is 1.70. The Morgan fingerprint density at radius 3 is 2.86 bits per heavy atom. The van der Waals surface area contributed by atoms with Crippen LogP contribution in [0.3, 0.4) is 0 Å². The van der Waals surface area contributed by atoms with E-state index in [1.807, 2.05) is 29.9 Å². The second-order valence-electron chi connectivity index (χ2n) is 7.42. The number of rotatable bonds is 2. The zero-order valence-corrected chi connectivity index (χ0v) is 16.8. The van der Waals surface area contributed by atoms with Crippen LogP contribution in [-0.2, 0) is 6.42 Å². The number of hydrogen-bond acceptors (Lipinski definition) is 3. The van der Waals surface area contributed by atoms with Crippen LogP contribution in [0.15, 0.2) is 35.1 Å². The van der Waals surface area contributed by atoms with Gasteiger partial charge >= 0.3 is 6.09 Å². The third-order valence-electron chi connectivity index (χ3n) is 5.77. The molecule has 1 aromatic carbocycles. The van der Waals surface area contributed by atoms with E-state index in [2.05, 4.69) is 25.8 Å².